The summed E-state index contributed by atoms with van der Waals surface area (Å²) in [5.74, 6) is 0.580. The van der Waals surface area contributed by atoms with Gasteiger partial charge in [-0.2, -0.15) is 5.10 Å². The summed E-state index contributed by atoms with van der Waals surface area (Å²) in [7, 11) is 1.67. The summed E-state index contributed by atoms with van der Waals surface area (Å²) in [4.78, 5) is 17.3. The highest BCUT2D eigenvalue weighted by molar-refractivity contribution is 5.75. The van der Waals surface area contributed by atoms with Gasteiger partial charge in [-0.3, -0.25) is 9.89 Å². The highest BCUT2D eigenvalue weighted by atomic mass is 19.1. The van der Waals surface area contributed by atoms with Crippen molar-refractivity contribution < 1.29 is 13.9 Å². The molecule has 0 spiro atoms. The normalized spacial score (nSPS) is 10.3. The van der Waals surface area contributed by atoms with Gasteiger partial charge in [0.2, 0.25) is 5.91 Å². The van der Waals surface area contributed by atoms with Gasteiger partial charge in [0.15, 0.2) is 0 Å². The molecular weight excluding hydrogens is 263 g/mol. The first-order valence-electron chi connectivity index (χ1n) is 6.12. The largest absolute Gasteiger partial charge is 0.493 e. The van der Waals surface area contributed by atoms with Crippen molar-refractivity contribution in [2.24, 2.45) is 0 Å². The number of hydrogen-bond acceptors (Lipinski definition) is 4. The van der Waals surface area contributed by atoms with Crippen molar-refractivity contribution in [2.75, 3.05) is 13.7 Å². The van der Waals surface area contributed by atoms with Crippen molar-refractivity contribution in [3.63, 3.8) is 0 Å². The Bertz CT molecular complexity index is 559. The van der Waals surface area contributed by atoms with Crippen molar-refractivity contribution in [2.45, 2.75) is 13.0 Å². The van der Waals surface area contributed by atoms with Gasteiger partial charge in [-0.25, -0.2) is 9.37 Å². The van der Waals surface area contributed by atoms with Gasteiger partial charge in [0.1, 0.15) is 23.7 Å². The number of aromatic nitrogens is 3. The second-order valence-corrected chi connectivity index (χ2v) is 4.24. The number of amides is 1. The summed E-state index contributed by atoms with van der Waals surface area (Å²) in [6.07, 6.45) is 1.60. The Morgan fingerprint density at radius 1 is 1.50 bits per heavy atom. The van der Waals surface area contributed by atoms with Crippen molar-refractivity contribution >= 4 is 5.91 Å². The minimum Gasteiger partial charge on any atom is -0.493 e. The fourth-order valence-corrected chi connectivity index (χ4v) is 1.62. The van der Waals surface area contributed by atoms with Gasteiger partial charge in [-0.15, -0.1) is 0 Å². The molecular formula is C13H15FN4O2. The topological polar surface area (TPSA) is 71.1 Å². The van der Waals surface area contributed by atoms with Crippen LogP contribution in [0.4, 0.5) is 4.39 Å². The second-order valence-electron chi connectivity index (χ2n) is 4.24. The fourth-order valence-electron chi connectivity index (χ4n) is 1.62. The molecule has 0 bridgehead atoms. The molecule has 7 heteroatoms. The maximum Gasteiger partial charge on any atom is 0.226 e. The van der Waals surface area contributed by atoms with E-state index >= 15 is 0 Å². The van der Waals surface area contributed by atoms with Crippen molar-refractivity contribution in [3.8, 4) is 5.75 Å². The zero-order valence-corrected chi connectivity index (χ0v) is 11.0. The highest BCUT2D eigenvalue weighted by Crippen LogP contribution is 2.12. The SMILES string of the molecule is CN(Cc1ncn[nH]1)C(=O)CCOc1cccc(F)c1. The maximum atomic E-state index is 12.9. The number of nitrogens with one attached hydrogen (secondary N) is 1. The number of nitrogens with zero attached hydrogens (tertiary/aromatic N) is 3. The first kappa shape index (κ1) is 14.0. The van der Waals surface area contributed by atoms with Crippen LogP contribution >= 0.6 is 0 Å². The summed E-state index contributed by atoms with van der Waals surface area (Å²) in [6, 6.07) is 5.82. The number of carbonyl (C=O) groups is 1. The molecule has 0 aliphatic rings. The maximum absolute atomic E-state index is 12.9. The van der Waals surface area contributed by atoms with Crippen LogP contribution in [-0.2, 0) is 11.3 Å². The number of H-pyrrole nitrogens is 1. The molecule has 1 amide bonds. The van der Waals surface area contributed by atoms with Gasteiger partial charge < -0.3 is 9.64 Å². The number of halogens is 1. The van der Waals surface area contributed by atoms with E-state index in [0.717, 1.165) is 0 Å². The Morgan fingerprint density at radius 3 is 3.05 bits per heavy atom. The van der Waals surface area contributed by atoms with E-state index in [1.54, 1.807) is 19.2 Å². The molecule has 0 saturated heterocycles. The van der Waals surface area contributed by atoms with Gasteiger partial charge in [0.05, 0.1) is 19.6 Å². The smallest absolute Gasteiger partial charge is 0.226 e. The molecule has 0 saturated carbocycles. The predicted molar refractivity (Wildman–Crippen MR) is 69.4 cm³/mol. The zero-order chi connectivity index (χ0) is 14.4. The molecule has 0 fully saturated rings. The first-order chi connectivity index (χ1) is 9.65. The summed E-state index contributed by atoms with van der Waals surface area (Å²) in [5, 5.41) is 6.39. The number of rotatable bonds is 6. The van der Waals surface area contributed by atoms with E-state index in [9.17, 15) is 9.18 Å². The van der Waals surface area contributed by atoms with Crippen LogP contribution in [0.3, 0.4) is 0 Å². The number of hydrogen-bond donors (Lipinski definition) is 1. The highest BCUT2D eigenvalue weighted by Gasteiger charge is 2.10. The minimum atomic E-state index is -0.365. The van der Waals surface area contributed by atoms with Crippen molar-refractivity contribution in [1.29, 1.82) is 0 Å². The third-order valence-corrected chi connectivity index (χ3v) is 2.66. The number of ether oxygens (including phenoxy) is 1. The molecule has 20 heavy (non-hydrogen) atoms. The molecule has 0 unspecified atom stereocenters. The molecule has 0 atom stereocenters. The predicted octanol–water partition coefficient (Wildman–Crippen LogP) is 1.37. The molecule has 2 rings (SSSR count). The van der Waals surface area contributed by atoms with E-state index in [0.29, 0.717) is 18.1 Å². The Balaban J connectivity index is 1.74. The van der Waals surface area contributed by atoms with Gasteiger partial charge >= 0.3 is 0 Å². The zero-order valence-electron chi connectivity index (χ0n) is 11.0. The quantitative estimate of drug-likeness (QED) is 0.866. The van der Waals surface area contributed by atoms with Gasteiger partial charge in [0, 0.05) is 13.1 Å². The third-order valence-electron chi connectivity index (χ3n) is 2.66. The molecule has 0 aliphatic carbocycles. The van der Waals surface area contributed by atoms with Gasteiger partial charge in [-0.1, -0.05) is 6.07 Å². The van der Waals surface area contributed by atoms with Crippen LogP contribution in [0, 0.1) is 5.82 Å². The van der Waals surface area contributed by atoms with Crippen LogP contribution in [0.25, 0.3) is 0 Å². The van der Waals surface area contributed by atoms with Crippen LogP contribution < -0.4 is 4.74 Å². The molecule has 1 N–H and O–H groups in total. The van der Waals surface area contributed by atoms with Gasteiger partial charge in [0.25, 0.3) is 0 Å². The van der Waals surface area contributed by atoms with Crippen LogP contribution in [0.15, 0.2) is 30.6 Å². The molecule has 1 aromatic heterocycles. The average Bonchev–Trinajstić information content (AvgIpc) is 2.91. The van der Waals surface area contributed by atoms with E-state index in [-0.39, 0.29) is 24.8 Å². The molecule has 2 aromatic rings. The fraction of sp³-hybridized carbons (Fsp3) is 0.308. The number of aromatic amines is 1. The van der Waals surface area contributed by atoms with E-state index in [1.165, 1.54) is 23.4 Å². The Labute approximate surface area is 115 Å². The number of benzene rings is 1. The Kier molecular flexibility index (Phi) is 4.65. The van der Waals surface area contributed by atoms with E-state index in [2.05, 4.69) is 15.2 Å². The summed E-state index contributed by atoms with van der Waals surface area (Å²) >= 11 is 0. The van der Waals surface area contributed by atoms with E-state index in [4.69, 9.17) is 4.74 Å². The van der Waals surface area contributed by atoms with Crippen LogP contribution in [0.5, 0.6) is 5.75 Å². The average molecular weight is 278 g/mol. The second kappa shape index (κ2) is 6.65. The standard InChI is InChI=1S/C13H15FN4O2/c1-18(8-12-15-9-16-17-12)13(19)5-6-20-11-4-2-3-10(14)7-11/h2-4,7,9H,5-6,8H2,1H3,(H,15,16,17). The first-order valence-corrected chi connectivity index (χ1v) is 6.12. The van der Waals surface area contributed by atoms with Crippen LogP contribution in [0.2, 0.25) is 0 Å². The molecule has 1 aromatic carbocycles. The third kappa shape index (κ3) is 4.04. The lowest BCUT2D eigenvalue weighted by molar-refractivity contribution is -0.131. The van der Waals surface area contributed by atoms with E-state index < -0.39 is 0 Å². The summed E-state index contributed by atoms with van der Waals surface area (Å²) < 4.78 is 18.2. The van der Waals surface area contributed by atoms with Crippen LogP contribution in [-0.4, -0.2) is 39.6 Å². The Hall–Kier alpha value is -2.44. The molecule has 0 aliphatic heterocycles. The van der Waals surface area contributed by atoms with Crippen molar-refractivity contribution in [1.82, 2.24) is 20.1 Å². The molecule has 106 valence electrons. The lowest BCUT2D eigenvalue weighted by atomic mass is 10.3. The van der Waals surface area contributed by atoms with Crippen LogP contribution in [0.1, 0.15) is 12.2 Å². The summed E-state index contributed by atoms with van der Waals surface area (Å²) in [6.45, 7) is 0.557. The Morgan fingerprint density at radius 2 is 2.35 bits per heavy atom. The minimum absolute atomic E-state index is 0.0854. The lowest BCUT2D eigenvalue weighted by Crippen LogP contribution is -2.28. The molecule has 1 heterocycles. The number of carbonyl (C=O) groups excluding carboxylic acids is 1. The summed E-state index contributed by atoms with van der Waals surface area (Å²) in [5.41, 5.74) is 0. The van der Waals surface area contributed by atoms with Gasteiger partial charge in [-0.05, 0) is 12.1 Å². The van der Waals surface area contributed by atoms with E-state index in [1.807, 2.05) is 0 Å². The molecule has 6 nitrogen and oxygen atoms in total. The van der Waals surface area contributed by atoms with Crippen molar-refractivity contribution in [3.05, 3.63) is 42.2 Å². The lowest BCUT2D eigenvalue weighted by Gasteiger charge is -2.15. The molecule has 0 radical (unpaired) electrons. The monoisotopic (exact) mass is 278 g/mol.